The van der Waals surface area contributed by atoms with Crippen LogP contribution in [0.4, 0.5) is 5.95 Å². The normalized spacial score (nSPS) is 19.0. The number of sulfone groups is 1. The Morgan fingerprint density at radius 3 is 2.30 bits per heavy atom. The second-order valence-electron chi connectivity index (χ2n) is 6.46. The number of anilines is 1. The zero-order valence-electron chi connectivity index (χ0n) is 15.5. The molecule has 0 aromatic carbocycles. The molecule has 1 aliphatic heterocycles. The summed E-state index contributed by atoms with van der Waals surface area (Å²) in [6.07, 6.45) is 3.34. The van der Waals surface area contributed by atoms with Gasteiger partial charge >= 0.3 is 0 Å². The fraction of sp³-hybridized carbons (Fsp3) is 0.765. The molecule has 0 bridgehead atoms. The molecule has 1 saturated carbocycles. The minimum Gasteiger partial charge on any atom is -0.378 e. The number of alkyl halides is 2. The predicted molar refractivity (Wildman–Crippen MR) is 117 cm³/mol. The average molecular weight is 548 g/mol. The summed E-state index contributed by atoms with van der Waals surface area (Å²) in [4.78, 5) is 10.8. The van der Waals surface area contributed by atoms with Crippen LogP contribution >= 0.6 is 43.5 Å². The van der Waals surface area contributed by atoms with Crippen LogP contribution in [0.5, 0.6) is 0 Å². The van der Waals surface area contributed by atoms with Gasteiger partial charge in [0.05, 0.1) is 18.9 Å². The molecule has 0 atom stereocenters. The van der Waals surface area contributed by atoms with Gasteiger partial charge in [0.25, 0.3) is 0 Å². The molecule has 1 aliphatic carbocycles. The van der Waals surface area contributed by atoms with E-state index in [2.05, 4.69) is 41.8 Å². The van der Waals surface area contributed by atoms with E-state index in [4.69, 9.17) is 16.3 Å². The first-order chi connectivity index (χ1) is 12.9. The zero-order chi connectivity index (χ0) is 19.9. The van der Waals surface area contributed by atoms with Crippen molar-refractivity contribution in [2.45, 2.75) is 37.4 Å². The Balaban J connectivity index is 0.000000465. The number of morpholine rings is 1. The lowest BCUT2D eigenvalue weighted by atomic mass is 9.81. The summed E-state index contributed by atoms with van der Waals surface area (Å²) in [5.41, 5.74) is 0.544. The van der Waals surface area contributed by atoms with E-state index in [1.807, 2.05) is 4.90 Å². The van der Waals surface area contributed by atoms with Crippen molar-refractivity contribution in [3.8, 4) is 0 Å². The molecule has 154 valence electrons. The van der Waals surface area contributed by atoms with Crippen molar-refractivity contribution < 1.29 is 13.2 Å². The number of halogens is 3. The molecule has 1 saturated heterocycles. The van der Waals surface area contributed by atoms with Gasteiger partial charge in [0.15, 0.2) is 9.84 Å². The summed E-state index contributed by atoms with van der Waals surface area (Å²) in [7, 11) is -3.23. The second kappa shape index (κ2) is 10.7. The van der Waals surface area contributed by atoms with Crippen molar-refractivity contribution in [3.05, 3.63) is 16.9 Å². The number of hydrogen-bond donors (Lipinski definition) is 0. The Kier molecular flexibility index (Phi) is 9.25. The Morgan fingerprint density at radius 1 is 1.22 bits per heavy atom. The van der Waals surface area contributed by atoms with E-state index in [1.54, 1.807) is 13.0 Å². The van der Waals surface area contributed by atoms with Gasteiger partial charge in [0.1, 0.15) is 9.90 Å². The van der Waals surface area contributed by atoms with Crippen LogP contribution in [-0.4, -0.2) is 61.1 Å². The maximum Gasteiger partial charge on any atom is 0.227 e. The van der Waals surface area contributed by atoms with Crippen LogP contribution in [0, 0.1) is 0 Å². The van der Waals surface area contributed by atoms with Gasteiger partial charge < -0.3 is 9.64 Å². The highest BCUT2D eigenvalue weighted by Crippen LogP contribution is 2.48. The van der Waals surface area contributed by atoms with Gasteiger partial charge in [0, 0.05) is 29.5 Å². The number of ether oxygens (including phenoxy) is 1. The molecule has 1 aromatic heterocycles. The average Bonchev–Trinajstić information content (AvgIpc) is 2.62. The van der Waals surface area contributed by atoms with Crippen molar-refractivity contribution in [1.29, 1.82) is 0 Å². The van der Waals surface area contributed by atoms with Crippen LogP contribution in [0.25, 0.3) is 0 Å². The largest absolute Gasteiger partial charge is 0.378 e. The smallest absolute Gasteiger partial charge is 0.227 e. The van der Waals surface area contributed by atoms with Gasteiger partial charge in [-0.15, -0.1) is 0 Å². The second-order valence-corrected chi connectivity index (χ2v) is 11.0. The molecular weight excluding hydrogens is 522 g/mol. The minimum absolute atomic E-state index is 0.113. The van der Waals surface area contributed by atoms with E-state index >= 15 is 0 Å². The van der Waals surface area contributed by atoms with Crippen LogP contribution in [0.2, 0.25) is 5.15 Å². The van der Waals surface area contributed by atoms with Gasteiger partial charge in [0.2, 0.25) is 5.95 Å². The summed E-state index contributed by atoms with van der Waals surface area (Å²) in [5, 5.41) is 2.51. The third kappa shape index (κ3) is 5.56. The van der Waals surface area contributed by atoms with Crippen molar-refractivity contribution in [1.82, 2.24) is 9.97 Å². The zero-order valence-corrected chi connectivity index (χ0v) is 20.2. The highest BCUT2D eigenvalue weighted by molar-refractivity contribution is 9.09. The van der Waals surface area contributed by atoms with E-state index in [0.29, 0.717) is 55.9 Å². The molecule has 10 heteroatoms. The molecule has 27 heavy (non-hydrogen) atoms. The Bertz CT molecular complexity index is 709. The summed E-state index contributed by atoms with van der Waals surface area (Å²) < 4.78 is 29.6. The summed E-state index contributed by atoms with van der Waals surface area (Å²) in [6, 6.07) is 1.61. The van der Waals surface area contributed by atoms with Gasteiger partial charge in [-0.25, -0.2) is 18.4 Å². The van der Waals surface area contributed by atoms with E-state index in [1.165, 1.54) is 6.42 Å². The Morgan fingerprint density at radius 2 is 1.85 bits per heavy atom. The fourth-order valence-corrected chi connectivity index (χ4v) is 6.47. The third-order valence-corrected chi connectivity index (χ3v) is 8.73. The van der Waals surface area contributed by atoms with Crippen LogP contribution in [0.1, 0.15) is 38.3 Å². The number of rotatable bonds is 6. The molecule has 2 heterocycles. The molecule has 2 aliphatic rings. The number of nitrogens with zero attached hydrogens (tertiary/aromatic N) is 3. The molecule has 0 unspecified atom stereocenters. The van der Waals surface area contributed by atoms with Crippen LogP contribution < -0.4 is 4.90 Å². The molecule has 0 amide bonds. The lowest BCUT2D eigenvalue weighted by Gasteiger charge is -2.40. The van der Waals surface area contributed by atoms with Crippen molar-refractivity contribution in [2.24, 2.45) is 0 Å². The first kappa shape index (κ1) is 23.3. The molecule has 6 nitrogen and oxygen atoms in total. The monoisotopic (exact) mass is 545 g/mol. The molecule has 1 aromatic rings. The molecule has 0 radical (unpaired) electrons. The maximum atomic E-state index is 12.6. The number of hydrogen-bond acceptors (Lipinski definition) is 6. The molecule has 0 N–H and O–H groups in total. The van der Waals surface area contributed by atoms with Crippen LogP contribution in [0.3, 0.4) is 0 Å². The summed E-state index contributed by atoms with van der Waals surface area (Å²) >= 11 is 12.7. The Hall–Kier alpha value is 0.0400. The highest BCUT2D eigenvalue weighted by atomic mass is 79.9. The van der Waals surface area contributed by atoms with E-state index in [9.17, 15) is 8.42 Å². The van der Waals surface area contributed by atoms with Crippen LogP contribution in [0.15, 0.2) is 6.07 Å². The van der Waals surface area contributed by atoms with E-state index < -0.39 is 14.6 Å². The van der Waals surface area contributed by atoms with Gasteiger partial charge in [-0.1, -0.05) is 50.4 Å². The standard InChI is InChI=1S/C14H20ClN3O3S.C3H6Br2/c1-2-22(19,20)14(4-3-5-14)11-10-12(15)17-13(16-11)18-6-8-21-9-7-18;4-2-1-3-5/h10H,2-9H2,1H3;1-3H2. The van der Waals surface area contributed by atoms with Crippen molar-refractivity contribution in [2.75, 3.05) is 47.6 Å². The lowest BCUT2D eigenvalue weighted by molar-refractivity contribution is 0.122. The molecule has 0 spiro atoms. The van der Waals surface area contributed by atoms with Crippen molar-refractivity contribution >= 4 is 59.2 Å². The van der Waals surface area contributed by atoms with Gasteiger partial charge in [-0.05, 0) is 31.7 Å². The number of aromatic nitrogens is 2. The summed E-state index contributed by atoms with van der Waals surface area (Å²) in [6.45, 7) is 4.29. The van der Waals surface area contributed by atoms with Crippen molar-refractivity contribution in [3.63, 3.8) is 0 Å². The molecule has 3 rings (SSSR count). The maximum absolute atomic E-state index is 12.6. The molecular formula is C17H26Br2ClN3O3S. The van der Waals surface area contributed by atoms with E-state index in [-0.39, 0.29) is 5.75 Å². The van der Waals surface area contributed by atoms with Gasteiger partial charge in [-0.3, -0.25) is 0 Å². The predicted octanol–water partition coefficient (Wildman–Crippen LogP) is 3.95. The first-order valence-electron chi connectivity index (χ1n) is 9.12. The van der Waals surface area contributed by atoms with E-state index in [0.717, 1.165) is 17.1 Å². The van der Waals surface area contributed by atoms with Gasteiger partial charge in [-0.2, -0.15) is 0 Å². The highest BCUT2D eigenvalue weighted by Gasteiger charge is 2.50. The topological polar surface area (TPSA) is 72.4 Å². The lowest BCUT2D eigenvalue weighted by Crippen LogP contribution is -2.44. The Labute approximate surface area is 183 Å². The SMILES string of the molecule is BrCCCBr.CCS(=O)(=O)C1(c2cc(Cl)nc(N3CCOCC3)n2)CCC1. The summed E-state index contributed by atoms with van der Waals surface area (Å²) in [5.74, 6) is 0.616. The third-order valence-electron chi connectivity index (χ3n) is 4.85. The molecule has 2 fully saturated rings. The fourth-order valence-electron chi connectivity index (χ4n) is 3.09. The quantitative estimate of drug-likeness (QED) is 0.397. The minimum atomic E-state index is -3.23. The first-order valence-corrected chi connectivity index (χ1v) is 13.4. The van der Waals surface area contributed by atoms with Crippen LogP contribution in [-0.2, 0) is 19.3 Å².